The molecule has 182 valence electrons. The number of benzene rings is 3. The van der Waals surface area contributed by atoms with E-state index in [9.17, 15) is 14.0 Å². The van der Waals surface area contributed by atoms with E-state index in [1.54, 1.807) is 36.4 Å². The van der Waals surface area contributed by atoms with Gasteiger partial charge in [0.05, 0.1) is 6.42 Å². The maximum Gasteiger partial charge on any atom is 0.243 e. The molecule has 1 fully saturated rings. The molecular weight excluding hydrogens is 463 g/mol. The molecule has 4 nitrogen and oxygen atoms in total. The summed E-state index contributed by atoms with van der Waals surface area (Å²) in [5, 5.41) is 3.65. The number of hydrogen-bond donors (Lipinski definition) is 1. The number of carbonyl (C=O) groups excluding carboxylic acids is 2. The van der Waals surface area contributed by atoms with E-state index < -0.39 is 11.9 Å². The van der Waals surface area contributed by atoms with Gasteiger partial charge < -0.3 is 10.2 Å². The van der Waals surface area contributed by atoms with Crippen molar-refractivity contribution < 1.29 is 14.0 Å². The highest BCUT2D eigenvalue weighted by Gasteiger charge is 2.32. The third-order valence-electron chi connectivity index (χ3n) is 6.57. The molecule has 0 saturated heterocycles. The molecule has 0 aromatic heterocycles. The van der Waals surface area contributed by atoms with Crippen molar-refractivity contribution in [3.8, 4) is 0 Å². The zero-order valence-electron chi connectivity index (χ0n) is 19.6. The molecule has 0 aliphatic heterocycles. The van der Waals surface area contributed by atoms with Crippen LogP contribution >= 0.6 is 11.6 Å². The van der Waals surface area contributed by atoms with Gasteiger partial charge in [-0.25, -0.2) is 4.39 Å². The summed E-state index contributed by atoms with van der Waals surface area (Å²) in [6.07, 6.45) is 4.39. The van der Waals surface area contributed by atoms with Crippen LogP contribution in [0.15, 0.2) is 78.9 Å². The van der Waals surface area contributed by atoms with Crippen molar-refractivity contribution >= 4 is 23.4 Å². The first-order valence-electron chi connectivity index (χ1n) is 12.1. The van der Waals surface area contributed by atoms with Gasteiger partial charge in [-0.05, 0) is 36.1 Å². The molecule has 1 N–H and O–H groups in total. The molecule has 1 saturated carbocycles. The molecule has 35 heavy (non-hydrogen) atoms. The molecule has 3 aromatic carbocycles. The Kier molecular flexibility index (Phi) is 8.54. The maximum absolute atomic E-state index is 14.7. The van der Waals surface area contributed by atoms with E-state index in [1.165, 1.54) is 11.0 Å². The van der Waals surface area contributed by atoms with Gasteiger partial charge in [-0.15, -0.1) is 0 Å². The minimum Gasteiger partial charge on any atom is -0.352 e. The van der Waals surface area contributed by atoms with Gasteiger partial charge in [-0.3, -0.25) is 9.59 Å². The number of hydrogen-bond acceptors (Lipinski definition) is 2. The molecule has 3 aromatic rings. The molecular formula is C29H30ClFN2O2. The van der Waals surface area contributed by atoms with E-state index in [4.69, 9.17) is 11.6 Å². The lowest BCUT2D eigenvalue weighted by molar-refractivity contribution is -0.141. The summed E-state index contributed by atoms with van der Waals surface area (Å²) in [7, 11) is 0. The van der Waals surface area contributed by atoms with Crippen molar-refractivity contribution in [3.63, 3.8) is 0 Å². The number of nitrogens with zero attached hydrogens (tertiary/aromatic N) is 1. The van der Waals surface area contributed by atoms with Gasteiger partial charge in [-0.1, -0.05) is 91.2 Å². The Morgan fingerprint density at radius 3 is 2.23 bits per heavy atom. The molecule has 4 rings (SSSR count). The number of carbonyl (C=O) groups is 2. The summed E-state index contributed by atoms with van der Waals surface area (Å²) in [5.74, 6) is -0.883. The first-order chi connectivity index (χ1) is 17.0. The predicted octanol–water partition coefficient (Wildman–Crippen LogP) is 5.72. The van der Waals surface area contributed by atoms with Crippen LogP contribution in [0.25, 0.3) is 0 Å². The summed E-state index contributed by atoms with van der Waals surface area (Å²) in [4.78, 5) is 28.9. The molecule has 1 aliphatic carbocycles. The Hall–Kier alpha value is -3.18. The van der Waals surface area contributed by atoms with Crippen molar-refractivity contribution in [2.45, 2.75) is 57.2 Å². The van der Waals surface area contributed by atoms with Crippen molar-refractivity contribution in [2.75, 3.05) is 0 Å². The van der Waals surface area contributed by atoms with E-state index in [1.807, 2.05) is 36.4 Å². The minimum atomic E-state index is -0.785. The van der Waals surface area contributed by atoms with Gasteiger partial charge in [0.25, 0.3) is 0 Å². The van der Waals surface area contributed by atoms with Crippen molar-refractivity contribution in [1.82, 2.24) is 10.2 Å². The number of amides is 2. The van der Waals surface area contributed by atoms with Gasteiger partial charge in [0.1, 0.15) is 11.9 Å². The smallest absolute Gasteiger partial charge is 0.243 e. The monoisotopic (exact) mass is 492 g/mol. The second kappa shape index (κ2) is 12.0. The summed E-state index contributed by atoms with van der Waals surface area (Å²) in [5.41, 5.74) is 1.97. The largest absolute Gasteiger partial charge is 0.352 e. The van der Waals surface area contributed by atoms with Gasteiger partial charge in [-0.2, -0.15) is 0 Å². The minimum absolute atomic E-state index is 0.00839. The van der Waals surface area contributed by atoms with E-state index in [-0.39, 0.29) is 30.8 Å². The first-order valence-corrected chi connectivity index (χ1v) is 12.5. The molecule has 0 radical (unpaired) electrons. The van der Waals surface area contributed by atoms with Crippen LogP contribution in [-0.4, -0.2) is 28.8 Å². The van der Waals surface area contributed by atoms with Crippen LogP contribution in [-0.2, 0) is 29.0 Å². The Morgan fingerprint density at radius 2 is 1.54 bits per heavy atom. The molecule has 1 aliphatic rings. The lowest BCUT2D eigenvalue weighted by atomic mass is 10.0. The number of nitrogens with one attached hydrogen (secondary N) is 1. The average Bonchev–Trinajstić information content (AvgIpc) is 3.37. The van der Waals surface area contributed by atoms with Crippen molar-refractivity contribution in [1.29, 1.82) is 0 Å². The van der Waals surface area contributed by atoms with Crippen LogP contribution in [0.1, 0.15) is 42.4 Å². The Morgan fingerprint density at radius 1 is 0.914 bits per heavy atom. The normalized spacial score (nSPS) is 14.5. The molecule has 0 bridgehead atoms. The molecule has 0 unspecified atom stereocenters. The highest BCUT2D eigenvalue weighted by atomic mass is 35.5. The average molecular weight is 493 g/mol. The number of halogens is 2. The predicted molar refractivity (Wildman–Crippen MR) is 136 cm³/mol. The van der Waals surface area contributed by atoms with Crippen LogP contribution in [0.4, 0.5) is 4.39 Å². The molecule has 6 heteroatoms. The summed E-state index contributed by atoms with van der Waals surface area (Å²) >= 11 is 6.33. The SMILES string of the molecule is O=C(NC1CCCC1)[C@@H](Cc1ccccc1)N(Cc1ccccc1F)C(=O)Cc1ccccc1Cl. The lowest BCUT2D eigenvalue weighted by Crippen LogP contribution is -2.52. The van der Waals surface area contributed by atoms with E-state index in [0.29, 0.717) is 22.6 Å². The van der Waals surface area contributed by atoms with Crippen LogP contribution in [0, 0.1) is 5.82 Å². The van der Waals surface area contributed by atoms with Crippen LogP contribution < -0.4 is 5.32 Å². The molecule has 0 spiro atoms. The highest BCUT2D eigenvalue weighted by Crippen LogP contribution is 2.22. The molecule has 1 atom stereocenters. The first kappa shape index (κ1) is 24.9. The Labute approximate surface area is 211 Å². The fourth-order valence-corrected chi connectivity index (χ4v) is 4.84. The fourth-order valence-electron chi connectivity index (χ4n) is 4.64. The highest BCUT2D eigenvalue weighted by molar-refractivity contribution is 6.31. The number of rotatable bonds is 9. The fraction of sp³-hybridized carbons (Fsp3) is 0.310. The van der Waals surface area contributed by atoms with E-state index >= 15 is 0 Å². The quantitative estimate of drug-likeness (QED) is 0.415. The van der Waals surface area contributed by atoms with Crippen molar-refractivity contribution in [3.05, 3.63) is 106 Å². The van der Waals surface area contributed by atoms with Crippen LogP contribution in [0.5, 0.6) is 0 Å². The third-order valence-corrected chi connectivity index (χ3v) is 6.94. The second-order valence-electron chi connectivity index (χ2n) is 9.08. The van der Waals surface area contributed by atoms with Gasteiger partial charge in [0.2, 0.25) is 11.8 Å². The van der Waals surface area contributed by atoms with Crippen LogP contribution in [0.3, 0.4) is 0 Å². The Balaban J connectivity index is 1.68. The second-order valence-corrected chi connectivity index (χ2v) is 9.48. The molecule has 2 amide bonds. The van der Waals surface area contributed by atoms with Gasteiger partial charge in [0.15, 0.2) is 0 Å². The van der Waals surface area contributed by atoms with E-state index in [2.05, 4.69) is 5.32 Å². The summed E-state index contributed by atoms with van der Waals surface area (Å²) < 4.78 is 14.7. The van der Waals surface area contributed by atoms with Crippen molar-refractivity contribution in [2.24, 2.45) is 0 Å². The summed E-state index contributed by atoms with van der Waals surface area (Å²) in [6, 6.07) is 22.5. The topological polar surface area (TPSA) is 49.4 Å². The van der Waals surface area contributed by atoms with E-state index in [0.717, 1.165) is 31.2 Å². The lowest BCUT2D eigenvalue weighted by Gasteiger charge is -2.32. The van der Waals surface area contributed by atoms with Gasteiger partial charge >= 0.3 is 0 Å². The Bertz CT molecular complexity index is 1150. The van der Waals surface area contributed by atoms with Crippen LogP contribution in [0.2, 0.25) is 5.02 Å². The molecule has 0 heterocycles. The standard InChI is InChI=1S/C29H30ClFN2O2/c30-25-16-8-4-12-22(25)19-28(34)33(20-23-13-5-9-17-26(23)31)27(18-21-10-2-1-3-11-21)29(35)32-24-14-6-7-15-24/h1-5,8-13,16-17,24,27H,6-7,14-15,18-20H2,(H,32,35)/t27-/m1/s1. The summed E-state index contributed by atoms with van der Waals surface area (Å²) in [6.45, 7) is -0.00839. The zero-order valence-corrected chi connectivity index (χ0v) is 20.4. The third kappa shape index (κ3) is 6.70. The zero-order chi connectivity index (χ0) is 24.6. The van der Waals surface area contributed by atoms with Gasteiger partial charge in [0, 0.05) is 29.6 Å². The maximum atomic E-state index is 14.7.